The van der Waals surface area contributed by atoms with Crippen LogP contribution in [0, 0.1) is 5.41 Å². The number of carboxylic acids is 1. The zero-order valence-corrected chi connectivity index (χ0v) is 11.9. The van der Waals surface area contributed by atoms with Crippen LogP contribution in [0.2, 0.25) is 0 Å². The van der Waals surface area contributed by atoms with E-state index in [-0.39, 0.29) is 23.9 Å². The number of carbonyl (C=O) groups is 2. The fraction of sp³-hybridized carbons (Fsp3) is 0.846. The molecule has 0 aromatic heterocycles. The maximum absolute atomic E-state index is 12.5. The van der Waals surface area contributed by atoms with E-state index in [0.717, 1.165) is 19.4 Å². The number of nitrogens with zero attached hydrogens (tertiary/aromatic N) is 1. The number of ether oxygens (including phenoxy) is 1. The first-order chi connectivity index (χ1) is 8.88. The van der Waals surface area contributed by atoms with E-state index in [2.05, 4.69) is 5.32 Å². The van der Waals surface area contributed by atoms with Gasteiger partial charge in [-0.25, -0.2) is 0 Å². The molecule has 0 saturated carbocycles. The van der Waals surface area contributed by atoms with Gasteiger partial charge in [-0.1, -0.05) is 13.8 Å². The molecule has 6 nitrogen and oxygen atoms in total. The lowest BCUT2D eigenvalue weighted by Crippen LogP contribution is -2.57. The molecule has 110 valence electrons. The van der Waals surface area contributed by atoms with E-state index in [4.69, 9.17) is 9.84 Å². The molecule has 0 spiro atoms. The summed E-state index contributed by atoms with van der Waals surface area (Å²) in [4.78, 5) is 24.7. The molecule has 19 heavy (non-hydrogen) atoms. The largest absolute Gasteiger partial charge is 0.480 e. The molecule has 1 atom stereocenters. The molecule has 1 heterocycles. The normalized spacial score (nSPS) is 21.9. The maximum Gasteiger partial charge on any atom is 0.323 e. The number of aliphatic carboxylic acids is 1. The van der Waals surface area contributed by atoms with E-state index in [9.17, 15) is 9.59 Å². The Morgan fingerprint density at radius 1 is 1.47 bits per heavy atom. The first-order valence-electron chi connectivity index (χ1n) is 6.61. The highest BCUT2D eigenvalue weighted by Gasteiger charge is 2.39. The molecule has 1 fully saturated rings. The van der Waals surface area contributed by atoms with Crippen LogP contribution >= 0.6 is 0 Å². The Hall–Kier alpha value is -1.14. The molecule has 1 unspecified atom stereocenters. The van der Waals surface area contributed by atoms with Crippen molar-refractivity contribution in [2.45, 2.75) is 32.7 Å². The Morgan fingerprint density at radius 2 is 2.16 bits per heavy atom. The van der Waals surface area contributed by atoms with Crippen LogP contribution < -0.4 is 5.32 Å². The Bertz CT molecular complexity index is 331. The van der Waals surface area contributed by atoms with Crippen LogP contribution in [0.15, 0.2) is 0 Å². The molecule has 1 rings (SSSR count). The number of carboxylic acid groups (broad SMARTS) is 1. The van der Waals surface area contributed by atoms with E-state index in [0.29, 0.717) is 13.2 Å². The van der Waals surface area contributed by atoms with Gasteiger partial charge in [-0.05, 0) is 24.8 Å². The van der Waals surface area contributed by atoms with Gasteiger partial charge in [0.25, 0.3) is 0 Å². The Kier molecular flexibility index (Phi) is 5.75. The lowest BCUT2D eigenvalue weighted by atomic mass is 9.77. The number of hydrogen-bond donors (Lipinski definition) is 2. The Morgan fingerprint density at radius 3 is 2.68 bits per heavy atom. The van der Waals surface area contributed by atoms with Gasteiger partial charge in [0.05, 0.1) is 12.6 Å². The van der Waals surface area contributed by atoms with E-state index in [1.807, 2.05) is 13.8 Å². The summed E-state index contributed by atoms with van der Waals surface area (Å²) in [6.45, 7) is 5.23. The van der Waals surface area contributed by atoms with E-state index >= 15 is 0 Å². The Labute approximate surface area is 114 Å². The lowest BCUT2D eigenvalue weighted by molar-refractivity contribution is -0.147. The second-order valence-corrected chi connectivity index (χ2v) is 5.63. The molecule has 1 saturated heterocycles. The number of carbonyl (C=O) groups excluding carboxylic acids is 1. The van der Waals surface area contributed by atoms with Gasteiger partial charge in [0.15, 0.2) is 0 Å². The third-order valence-corrected chi connectivity index (χ3v) is 3.58. The second kappa shape index (κ2) is 6.86. The van der Waals surface area contributed by atoms with Crippen LogP contribution in [0.1, 0.15) is 26.7 Å². The zero-order chi connectivity index (χ0) is 14.5. The highest BCUT2D eigenvalue weighted by molar-refractivity contribution is 5.86. The van der Waals surface area contributed by atoms with Crippen molar-refractivity contribution < 1.29 is 19.4 Å². The minimum absolute atomic E-state index is 0.149. The van der Waals surface area contributed by atoms with Crippen molar-refractivity contribution in [1.82, 2.24) is 10.2 Å². The molecule has 6 heteroatoms. The number of hydrogen-bond acceptors (Lipinski definition) is 4. The predicted molar refractivity (Wildman–Crippen MR) is 70.9 cm³/mol. The number of nitrogens with one attached hydrogen (secondary N) is 1. The van der Waals surface area contributed by atoms with E-state index < -0.39 is 5.97 Å². The molecule has 1 aliphatic rings. The molecule has 0 aliphatic carbocycles. The number of amides is 1. The van der Waals surface area contributed by atoms with Gasteiger partial charge in [-0.15, -0.1) is 0 Å². The topological polar surface area (TPSA) is 78.9 Å². The van der Waals surface area contributed by atoms with Gasteiger partial charge >= 0.3 is 5.97 Å². The Balaban J connectivity index is 2.75. The SMILES string of the molecule is COCCN(CC(=O)O)C(=O)C1NCCCC1(C)C. The third kappa shape index (κ3) is 4.47. The lowest BCUT2D eigenvalue weighted by Gasteiger charge is -2.40. The highest BCUT2D eigenvalue weighted by Crippen LogP contribution is 2.31. The number of methoxy groups -OCH3 is 1. The summed E-state index contributed by atoms with van der Waals surface area (Å²) in [5.41, 5.74) is -0.154. The first kappa shape index (κ1) is 15.9. The molecule has 0 aromatic carbocycles. The summed E-state index contributed by atoms with van der Waals surface area (Å²) in [5.74, 6) is -1.15. The summed E-state index contributed by atoms with van der Waals surface area (Å²) in [6.07, 6.45) is 2.00. The molecule has 1 aliphatic heterocycles. The highest BCUT2D eigenvalue weighted by atomic mass is 16.5. The van der Waals surface area contributed by atoms with Gasteiger partial charge in [0.2, 0.25) is 5.91 Å². The van der Waals surface area contributed by atoms with Crippen molar-refractivity contribution in [3.05, 3.63) is 0 Å². The second-order valence-electron chi connectivity index (χ2n) is 5.63. The van der Waals surface area contributed by atoms with E-state index in [1.165, 1.54) is 12.0 Å². The third-order valence-electron chi connectivity index (χ3n) is 3.58. The average molecular weight is 272 g/mol. The van der Waals surface area contributed by atoms with Crippen LogP contribution in [0.4, 0.5) is 0 Å². The van der Waals surface area contributed by atoms with Crippen LogP contribution in [0.3, 0.4) is 0 Å². The van der Waals surface area contributed by atoms with Crippen LogP contribution in [-0.4, -0.2) is 61.3 Å². The predicted octanol–water partition coefficient (Wildman–Crippen LogP) is 0.324. The fourth-order valence-corrected chi connectivity index (χ4v) is 2.45. The quantitative estimate of drug-likeness (QED) is 0.728. The standard InChI is InChI=1S/C13H24N2O4/c1-13(2)5-4-6-14-11(13)12(18)15(7-8-19-3)9-10(16)17/h11,14H,4-9H2,1-3H3,(H,16,17). The van der Waals surface area contributed by atoms with Crippen molar-refractivity contribution >= 4 is 11.9 Å². The average Bonchev–Trinajstić information content (AvgIpc) is 2.32. The maximum atomic E-state index is 12.5. The number of rotatable bonds is 6. The summed E-state index contributed by atoms with van der Waals surface area (Å²) in [7, 11) is 1.53. The van der Waals surface area contributed by atoms with Gasteiger partial charge in [-0.2, -0.15) is 0 Å². The monoisotopic (exact) mass is 272 g/mol. The summed E-state index contributed by atoms with van der Waals surface area (Å²) >= 11 is 0. The van der Waals surface area contributed by atoms with Crippen molar-refractivity contribution in [2.75, 3.05) is 33.4 Å². The van der Waals surface area contributed by atoms with Crippen molar-refractivity contribution in [3.63, 3.8) is 0 Å². The fourth-order valence-electron chi connectivity index (χ4n) is 2.45. The molecule has 0 radical (unpaired) electrons. The van der Waals surface area contributed by atoms with E-state index in [1.54, 1.807) is 0 Å². The molecule has 1 amide bonds. The van der Waals surface area contributed by atoms with Crippen molar-refractivity contribution in [3.8, 4) is 0 Å². The molecular weight excluding hydrogens is 248 g/mol. The minimum Gasteiger partial charge on any atom is -0.480 e. The van der Waals surface area contributed by atoms with Gasteiger partial charge in [0, 0.05) is 13.7 Å². The smallest absolute Gasteiger partial charge is 0.323 e. The van der Waals surface area contributed by atoms with Crippen LogP contribution in [-0.2, 0) is 14.3 Å². The zero-order valence-electron chi connectivity index (χ0n) is 11.9. The van der Waals surface area contributed by atoms with Crippen LogP contribution in [0.25, 0.3) is 0 Å². The summed E-state index contributed by atoms with van der Waals surface area (Å²) < 4.78 is 4.94. The summed E-state index contributed by atoms with van der Waals surface area (Å²) in [5, 5.41) is 12.1. The van der Waals surface area contributed by atoms with Gasteiger partial charge in [-0.3, -0.25) is 9.59 Å². The summed E-state index contributed by atoms with van der Waals surface area (Å²) in [6, 6.07) is -0.322. The molecule has 0 aromatic rings. The minimum atomic E-state index is -1.00. The van der Waals surface area contributed by atoms with Crippen molar-refractivity contribution in [1.29, 1.82) is 0 Å². The van der Waals surface area contributed by atoms with Crippen LogP contribution in [0.5, 0.6) is 0 Å². The van der Waals surface area contributed by atoms with Gasteiger partial charge in [0.1, 0.15) is 6.54 Å². The number of piperidine rings is 1. The molecule has 2 N–H and O–H groups in total. The molecular formula is C13H24N2O4. The first-order valence-corrected chi connectivity index (χ1v) is 6.61. The van der Waals surface area contributed by atoms with Crippen molar-refractivity contribution in [2.24, 2.45) is 5.41 Å². The van der Waals surface area contributed by atoms with Gasteiger partial charge < -0.3 is 20.1 Å². The molecule has 0 bridgehead atoms.